The van der Waals surface area contributed by atoms with Gasteiger partial charge < -0.3 is 10.5 Å². The second-order valence-corrected chi connectivity index (χ2v) is 6.07. The van der Waals surface area contributed by atoms with Crippen molar-refractivity contribution in [1.82, 2.24) is 4.90 Å². The summed E-state index contributed by atoms with van der Waals surface area (Å²) in [5.41, 5.74) is 7.76. The van der Waals surface area contributed by atoms with Crippen molar-refractivity contribution >= 4 is 11.8 Å². The van der Waals surface area contributed by atoms with Crippen LogP contribution in [0.3, 0.4) is 0 Å². The Hall–Kier alpha value is -1.15. The molecule has 0 aromatic heterocycles. The summed E-state index contributed by atoms with van der Waals surface area (Å²) >= 11 is 2.03. The predicted octanol–water partition coefficient (Wildman–Crippen LogP) is 1.94. The lowest BCUT2D eigenvalue weighted by Gasteiger charge is -2.33. The number of hydrogen-bond donors (Lipinski definition) is 1. The molecule has 0 spiro atoms. The van der Waals surface area contributed by atoms with E-state index in [1.807, 2.05) is 23.9 Å². The van der Waals surface area contributed by atoms with Crippen LogP contribution in [0.2, 0.25) is 0 Å². The van der Waals surface area contributed by atoms with Gasteiger partial charge in [0.1, 0.15) is 5.75 Å². The highest BCUT2D eigenvalue weighted by Gasteiger charge is 2.19. The number of nitrogens with two attached hydrogens (primary N) is 1. The van der Waals surface area contributed by atoms with Crippen molar-refractivity contribution in [2.75, 3.05) is 31.7 Å². The van der Waals surface area contributed by atoms with Gasteiger partial charge >= 0.3 is 0 Å². The Morgan fingerprint density at radius 3 is 3.05 bits per heavy atom. The van der Waals surface area contributed by atoms with Crippen LogP contribution in [0.1, 0.15) is 18.1 Å². The molecule has 1 atom stereocenters. The lowest BCUT2D eigenvalue weighted by Crippen LogP contribution is -2.39. The Kier molecular flexibility index (Phi) is 5.78. The molecule has 0 radical (unpaired) electrons. The fraction of sp³-hybridized carbons (Fsp3) is 0.500. The first-order chi connectivity index (χ1) is 9.74. The molecule has 1 aromatic carbocycles. The zero-order valence-electron chi connectivity index (χ0n) is 12.2. The Morgan fingerprint density at radius 1 is 1.50 bits per heavy atom. The molecule has 0 saturated carbocycles. The van der Waals surface area contributed by atoms with E-state index in [1.165, 1.54) is 17.1 Å². The molecular formula is C16H22N2OS. The summed E-state index contributed by atoms with van der Waals surface area (Å²) in [6.45, 7) is 4.74. The van der Waals surface area contributed by atoms with Gasteiger partial charge in [-0.25, -0.2) is 0 Å². The Balaban J connectivity index is 2.22. The van der Waals surface area contributed by atoms with Gasteiger partial charge in [-0.05, 0) is 30.7 Å². The van der Waals surface area contributed by atoms with Gasteiger partial charge in [-0.1, -0.05) is 11.8 Å². The molecule has 0 bridgehead atoms. The molecule has 20 heavy (non-hydrogen) atoms. The van der Waals surface area contributed by atoms with Crippen molar-refractivity contribution in [3.63, 3.8) is 0 Å². The first kappa shape index (κ1) is 15.2. The molecule has 108 valence electrons. The molecule has 1 fully saturated rings. The summed E-state index contributed by atoms with van der Waals surface area (Å²) in [5, 5.41) is 0. The van der Waals surface area contributed by atoms with E-state index in [2.05, 4.69) is 29.7 Å². The number of hydrogen-bond acceptors (Lipinski definition) is 4. The van der Waals surface area contributed by atoms with E-state index in [0.29, 0.717) is 12.6 Å². The Morgan fingerprint density at radius 2 is 2.35 bits per heavy atom. The number of rotatable bonds is 3. The maximum atomic E-state index is 5.48. The summed E-state index contributed by atoms with van der Waals surface area (Å²) < 4.78 is 5.33. The molecule has 0 aliphatic carbocycles. The van der Waals surface area contributed by atoms with Crippen molar-refractivity contribution in [3.05, 3.63) is 29.3 Å². The van der Waals surface area contributed by atoms with E-state index >= 15 is 0 Å². The van der Waals surface area contributed by atoms with Gasteiger partial charge in [-0.2, -0.15) is 11.8 Å². The molecule has 1 aliphatic rings. The molecule has 2 N–H and O–H groups in total. The molecule has 1 heterocycles. The topological polar surface area (TPSA) is 38.5 Å². The van der Waals surface area contributed by atoms with Crippen molar-refractivity contribution in [2.24, 2.45) is 5.73 Å². The molecule has 2 rings (SSSR count). The Bertz CT molecular complexity index is 507. The zero-order chi connectivity index (χ0) is 14.4. The van der Waals surface area contributed by atoms with Crippen LogP contribution in [0, 0.1) is 11.8 Å². The van der Waals surface area contributed by atoms with Crippen molar-refractivity contribution in [1.29, 1.82) is 0 Å². The van der Waals surface area contributed by atoms with Gasteiger partial charge in [0, 0.05) is 36.2 Å². The highest BCUT2D eigenvalue weighted by molar-refractivity contribution is 7.99. The fourth-order valence-electron chi connectivity index (χ4n) is 2.31. The average Bonchev–Trinajstić information content (AvgIpc) is 2.48. The lowest BCUT2D eigenvalue weighted by atomic mass is 10.1. The largest absolute Gasteiger partial charge is 0.497 e. The third-order valence-electron chi connectivity index (χ3n) is 3.52. The standard InChI is InChI=1S/C16H22N2OS/c1-13-12-20-9-8-18(13)11-15-10-16(19-2)6-5-14(15)4-3-7-17/h5-6,10,13H,7-9,11-12,17H2,1-2H3. The van der Waals surface area contributed by atoms with Crippen LogP contribution in [-0.2, 0) is 6.54 Å². The molecular weight excluding hydrogens is 268 g/mol. The van der Waals surface area contributed by atoms with E-state index in [9.17, 15) is 0 Å². The second kappa shape index (κ2) is 7.58. The van der Waals surface area contributed by atoms with Gasteiger partial charge in [0.2, 0.25) is 0 Å². The van der Waals surface area contributed by atoms with Crippen LogP contribution in [-0.4, -0.2) is 42.6 Å². The van der Waals surface area contributed by atoms with Crippen LogP contribution in [0.25, 0.3) is 0 Å². The SMILES string of the molecule is COc1ccc(C#CCN)c(CN2CCSCC2C)c1. The number of nitrogens with zero attached hydrogens (tertiary/aromatic N) is 1. The summed E-state index contributed by atoms with van der Waals surface area (Å²) in [6.07, 6.45) is 0. The maximum Gasteiger partial charge on any atom is 0.119 e. The quantitative estimate of drug-likeness (QED) is 0.864. The van der Waals surface area contributed by atoms with Crippen LogP contribution in [0.5, 0.6) is 5.75 Å². The van der Waals surface area contributed by atoms with Crippen LogP contribution in [0.15, 0.2) is 18.2 Å². The van der Waals surface area contributed by atoms with E-state index in [0.717, 1.165) is 24.4 Å². The zero-order valence-corrected chi connectivity index (χ0v) is 13.0. The first-order valence-corrected chi connectivity index (χ1v) is 8.07. The number of ether oxygens (including phenoxy) is 1. The van der Waals surface area contributed by atoms with E-state index in [-0.39, 0.29) is 0 Å². The monoisotopic (exact) mass is 290 g/mol. The molecule has 1 unspecified atom stereocenters. The highest BCUT2D eigenvalue weighted by Crippen LogP contribution is 2.23. The minimum Gasteiger partial charge on any atom is -0.497 e. The smallest absolute Gasteiger partial charge is 0.119 e. The highest BCUT2D eigenvalue weighted by atomic mass is 32.2. The average molecular weight is 290 g/mol. The van der Waals surface area contributed by atoms with E-state index < -0.39 is 0 Å². The fourth-order valence-corrected chi connectivity index (χ4v) is 3.39. The van der Waals surface area contributed by atoms with Crippen LogP contribution >= 0.6 is 11.8 Å². The van der Waals surface area contributed by atoms with Crippen molar-refractivity contribution in [3.8, 4) is 17.6 Å². The summed E-state index contributed by atoms with van der Waals surface area (Å²) in [7, 11) is 1.70. The normalized spacial score (nSPS) is 19.2. The molecule has 1 saturated heterocycles. The van der Waals surface area contributed by atoms with Gasteiger partial charge in [0.25, 0.3) is 0 Å². The summed E-state index contributed by atoms with van der Waals surface area (Å²) in [5.74, 6) is 9.41. The third kappa shape index (κ3) is 3.92. The van der Waals surface area contributed by atoms with Gasteiger partial charge in [-0.3, -0.25) is 4.90 Å². The van der Waals surface area contributed by atoms with Gasteiger partial charge in [0.15, 0.2) is 0 Å². The van der Waals surface area contributed by atoms with E-state index in [1.54, 1.807) is 7.11 Å². The number of methoxy groups -OCH3 is 1. The molecule has 0 amide bonds. The molecule has 3 nitrogen and oxygen atoms in total. The van der Waals surface area contributed by atoms with Crippen LogP contribution < -0.4 is 10.5 Å². The number of benzene rings is 1. The molecule has 1 aromatic rings. The maximum absolute atomic E-state index is 5.48. The van der Waals surface area contributed by atoms with Crippen molar-refractivity contribution in [2.45, 2.75) is 19.5 Å². The van der Waals surface area contributed by atoms with E-state index in [4.69, 9.17) is 10.5 Å². The summed E-state index contributed by atoms with van der Waals surface area (Å²) in [4.78, 5) is 2.51. The second-order valence-electron chi connectivity index (χ2n) is 4.92. The predicted molar refractivity (Wildman–Crippen MR) is 86.1 cm³/mol. The molecule has 1 aliphatic heterocycles. The lowest BCUT2D eigenvalue weighted by molar-refractivity contribution is 0.223. The molecule has 4 heteroatoms. The van der Waals surface area contributed by atoms with Crippen molar-refractivity contribution < 1.29 is 4.74 Å². The Labute approximate surface area is 125 Å². The van der Waals surface area contributed by atoms with Crippen LogP contribution in [0.4, 0.5) is 0 Å². The summed E-state index contributed by atoms with van der Waals surface area (Å²) in [6, 6.07) is 6.68. The number of thioether (sulfide) groups is 1. The minimum absolute atomic E-state index is 0.391. The third-order valence-corrected chi connectivity index (χ3v) is 4.71. The van der Waals surface area contributed by atoms with Gasteiger partial charge in [0.05, 0.1) is 13.7 Å². The first-order valence-electron chi connectivity index (χ1n) is 6.92. The minimum atomic E-state index is 0.391. The van der Waals surface area contributed by atoms with Gasteiger partial charge in [-0.15, -0.1) is 0 Å².